The van der Waals surface area contributed by atoms with Crippen LogP contribution in [0, 0.1) is 19.8 Å². The second kappa shape index (κ2) is 8.26. The van der Waals surface area contributed by atoms with Crippen molar-refractivity contribution in [2.45, 2.75) is 20.3 Å². The van der Waals surface area contributed by atoms with Gasteiger partial charge in [-0.3, -0.25) is 14.6 Å². The smallest absolute Gasteiger partial charge is 0.229 e. The number of benzene rings is 2. The van der Waals surface area contributed by atoms with Gasteiger partial charge < -0.3 is 19.7 Å². The zero-order valence-corrected chi connectivity index (χ0v) is 18.1. The van der Waals surface area contributed by atoms with E-state index in [1.165, 1.54) is 0 Å². The lowest BCUT2D eigenvalue weighted by molar-refractivity contribution is -0.122. The van der Waals surface area contributed by atoms with Crippen LogP contribution in [0.15, 0.2) is 42.5 Å². The number of carbonyl (C=O) groups is 2. The SMILES string of the molecule is COc1ccc(N2CC(C(=O)Nc3c(C)ccc4nc(C)ccc34)CC2=O)c(OC)c1. The molecule has 1 atom stereocenters. The molecule has 1 fully saturated rings. The van der Waals surface area contributed by atoms with Crippen molar-refractivity contribution in [2.24, 2.45) is 5.92 Å². The maximum atomic E-state index is 13.1. The van der Waals surface area contributed by atoms with Gasteiger partial charge in [-0.2, -0.15) is 0 Å². The van der Waals surface area contributed by atoms with E-state index >= 15 is 0 Å². The molecule has 1 saturated heterocycles. The first-order valence-electron chi connectivity index (χ1n) is 10.1. The highest BCUT2D eigenvalue weighted by Gasteiger charge is 2.36. The molecule has 2 heterocycles. The second-order valence-corrected chi connectivity index (χ2v) is 7.71. The molecule has 0 spiro atoms. The third-order valence-corrected chi connectivity index (χ3v) is 5.64. The molecule has 0 bridgehead atoms. The van der Waals surface area contributed by atoms with Gasteiger partial charge in [-0.25, -0.2) is 0 Å². The molecule has 160 valence electrons. The highest BCUT2D eigenvalue weighted by Crippen LogP contribution is 2.36. The van der Waals surface area contributed by atoms with Crippen LogP contribution >= 0.6 is 0 Å². The van der Waals surface area contributed by atoms with E-state index in [9.17, 15) is 9.59 Å². The molecule has 3 aromatic rings. The zero-order chi connectivity index (χ0) is 22.1. The molecule has 2 aromatic carbocycles. The highest BCUT2D eigenvalue weighted by atomic mass is 16.5. The summed E-state index contributed by atoms with van der Waals surface area (Å²) in [5, 5.41) is 3.93. The molecule has 1 unspecified atom stereocenters. The molecule has 0 aliphatic carbocycles. The molecule has 0 radical (unpaired) electrons. The number of fused-ring (bicyclic) bond motifs is 1. The van der Waals surface area contributed by atoms with Gasteiger partial charge in [0.15, 0.2) is 0 Å². The number of anilines is 2. The van der Waals surface area contributed by atoms with Crippen molar-refractivity contribution in [1.29, 1.82) is 0 Å². The van der Waals surface area contributed by atoms with Gasteiger partial charge >= 0.3 is 0 Å². The Bertz CT molecular complexity index is 1170. The number of methoxy groups -OCH3 is 2. The maximum Gasteiger partial charge on any atom is 0.229 e. The monoisotopic (exact) mass is 419 g/mol. The summed E-state index contributed by atoms with van der Waals surface area (Å²) in [4.78, 5) is 32.0. The minimum absolute atomic E-state index is 0.115. The van der Waals surface area contributed by atoms with Crippen molar-refractivity contribution in [1.82, 2.24) is 4.98 Å². The zero-order valence-electron chi connectivity index (χ0n) is 18.1. The van der Waals surface area contributed by atoms with E-state index in [4.69, 9.17) is 9.47 Å². The average molecular weight is 419 g/mol. The molecule has 1 aliphatic rings. The van der Waals surface area contributed by atoms with Crippen LogP contribution in [-0.4, -0.2) is 37.6 Å². The predicted molar refractivity (Wildman–Crippen MR) is 120 cm³/mol. The normalized spacial score (nSPS) is 15.9. The summed E-state index contributed by atoms with van der Waals surface area (Å²) in [5.41, 5.74) is 4.06. The van der Waals surface area contributed by atoms with E-state index in [-0.39, 0.29) is 24.8 Å². The largest absolute Gasteiger partial charge is 0.497 e. The summed E-state index contributed by atoms with van der Waals surface area (Å²) >= 11 is 0. The molecule has 1 N–H and O–H groups in total. The Morgan fingerprint density at radius 2 is 1.90 bits per heavy atom. The lowest BCUT2D eigenvalue weighted by Gasteiger charge is -2.20. The fourth-order valence-electron chi connectivity index (χ4n) is 3.93. The first-order chi connectivity index (χ1) is 14.9. The number of nitrogens with one attached hydrogen (secondary N) is 1. The lowest BCUT2D eigenvalue weighted by atomic mass is 10.0. The van der Waals surface area contributed by atoms with Crippen LogP contribution < -0.4 is 19.7 Å². The fraction of sp³-hybridized carbons (Fsp3) is 0.292. The Morgan fingerprint density at radius 3 is 2.65 bits per heavy atom. The molecule has 2 amide bonds. The van der Waals surface area contributed by atoms with Gasteiger partial charge in [0.25, 0.3) is 0 Å². The van der Waals surface area contributed by atoms with Crippen LogP contribution in [-0.2, 0) is 9.59 Å². The van der Waals surface area contributed by atoms with Gasteiger partial charge in [0.05, 0.1) is 37.0 Å². The van der Waals surface area contributed by atoms with Gasteiger partial charge in [0.2, 0.25) is 11.8 Å². The van der Waals surface area contributed by atoms with Crippen molar-refractivity contribution in [3.8, 4) is 11.5 Å². The molecular formula is C24H25N3O4. The van der Waals surface area contributed by atoms with E-state index in [0.717, 1.165) is 27.8 Å². The highest BCUT2D eigenvalue weighted by molar-refractivity contribution is 6.07. The van der Waals surface area contributed by atoms with Gasteiger partial charge in [0, 0.05) is 30.1 Å². The standard InChI is InChI=1S/C24H25N3O4/c1-14-5-9-19-18(8-6-15(2)25-19)23(14)26-24(29)16-11-22(28)27(13-16)20-10-7-17(30-3)12-21(20)31-4/h5-10,12,16H,11,13H2,1-4H3,(H,26,29). The summed E-state index contributed by atoms with van der Waals surface area (Å²) in [6, 6.07) is 13.1. The Kier molecular flexibility index (Phi) is 5.50. The third kappa shape index (κ3) is 3.91. The Balaban J connectivity index is 1.57. The average Bonchev–Trinajstić information content (AvgIpc) is 3.16. The van der Waals surface area contributed by atoms with Crippen molar-refractivity contribution >= 4 is 34.1 Å². The van der Waals surface area contributed by atoms with Crippen LogP contribution in [0.4, 0.5) is 11.4 Å². The van der Waals surface area contributed by atoms with Crippen LogP contribution in [0.25, 0.3) is 10.9 Å². The minimum atomic E-state index is -0.465. The van der Waals surface area contributed by atoms with E-state index in [1.54, 1.807) is 37.3 Å². The number of aryl methyl sites for hydroxylation is 2. The van der Waals surface area contributed by atoms with Crippen LogP contribution in [0.2, 0.25) is 0 Å². The van der Waals surface area contributed by atoms with Crippen molar-refractivity contribution < 1.29 is 19.1 Å². The van der Waals surface area contributed by atoms with Crippen LogP contribution in [0.3, 0.4) is 0 Å². The molecule has 4 rings (SSSR count). The number of hydrogen-bond donors (Lipinski definition) is 1. The van der Waals surface area contributed by atoms with E-state index in [0.29, 0.717) is 17.2 Å². The summed E-state index contributed by atoms with van der Waals surface area (Å²) in [6.07, 6.45) is 0.141. The number of aromatic nitrogens is 1. The van der Waals surface area contributed by atoms with E-state index < -0.39 is 5.92 Å². The molecule has 0 saturated carbocycles. The topological polar surface area (TPSA) is 80.8 Å². The predicted octanol–water partition coefficient (Wildman–Crippen LogP) is 3.86. The maximum absolute atomic E-state index is 13.1. The second-order valence-electron chi connectivity index (χ2n) is 7.71. The first-order valence-corrected chi connectivity index (χ1v) is 10.1. The van der Waals surface area contributed by atoms with Gasteiger partial charge in [-0.15, -0.1) is 0 Å². The summed E-state index contributed by atoms with van der Waals surface area (Å²) in [7, 11) is 3.12. The van der Waals surface area contributed by atoms with E-state index in [1.807, 2.05) is 38.1 Å². The Morgan fingerprint density at radius 1 is 1.10 bits per heavy atom. The Hall–Kier alpha value is -3.61. The molecule has 7 heteroatoms. The van der Waals surface area contributed by atoms with Crippen LogP contribution in [0.1, 0.15) is 17.7 Å². The minimum Gasteiger partial charge on any atom is -0.497 e. The summed E-state index contributed by atoms with van der Waals surface area (Å²) in [5.74, 6) is 0.402. The molecule has 1 aromatic heterocycles. The number of pyridine rings is 1. The fourth-order valence-corrected chi connectivity index (χ4v) is 3.93. The van der Waals surface area contributed by atoms with Crippen molar-refractivity contribution in [2.75, 3.05) is 31.0 Å². The van der Waals surface area contributed by atoms with Crippen LogP contribution in [0.5, 0.6) is 11.5 Å². The van der Waals surface area contributed by atoms with Gasteiger partial charge in [0.1, 0.15) is 11.5 Å². The third-order valence-electron chi connectivity index (χ3n) is 5.64. The quantitative estimate of drug-likeness (QED) is 0.679. The van der Waals surface area contributed by atoms with Crippen molar-refractivity contribution in [3.63, 3.8) is 0 Å². The summed E-state index contributed by atoms with van der Waals surface area (Å²) in [6.45, 7) is 4.17. The van der Waals surface area contributed by atoms with Crippen molar-refractivity contribution in [3.05, 3.63) is 53.7 Å². The Labute approximate surface area is 181 Å². The summed E-state index contributed by atoms with van der Waals surface area (Å²) < 4.78 is 10.7. The number of carbonyl (C=O) groups excluding carboxylic acids is 2. The molecule has 1 aliphatic heterocycles. The number of rotatable bonds is 5. The number of nitrogens with zero attached hydrogens (tertiary/aromatic N) is 2. The molecule has 31 heavy (non-hydrogen) atoms. The van der Waals surface area contributed by atoms with E-state index in [2.05, 4.69) is 10.3 Å². The molecule has 7 nitrogen and oxygen atoms in total. The lowest BCUT2D eigenvalue weighted by Crippen LogP contribution is -2.28. The number of amides is 2. The number of hydrogen-bond acceptors (Lipinski definition) is 5. The molecular weight excluding hydrogens is 394 g/mol. The van der Waals surface area contributed by atoms with Gasteiger partial charge in [-0.1, -0.05) is 6.07 Å². The number of ether oxygens (including phenoxy) is 2. The first kappa shape index (κ1) is 20.7. The van der Waals surface area contributed by atoms with Gasteiger partial charge in [-0.05, 0) is 49.7 Å².